The molecule has 1 saturated heterocycles. The van der Waals surface area contributed by atoms with Gasteiger partial charge >= 0.3 is 0 Å². The maximum atomic E-state index is 12.1. The SMILES string of the molecule is CC(C)C.N#CC(C[C@@H]1CCCNC1=O)NC(=O)CNC(=O)c1cc2ccccc2o1. The molecule has 1 aromatic heterocycles. The van der Waals surface area contributed by atoms with E-state index in [1.54, 1.807) is 18.2 Å². The summed E-state index contributed by atoms with van der Waals surface area (Å²) in [5, 5.41) is 17.8. The smallest absolute Gasteiger partial charge is 0.287 e. The molecule has 1 fully saturated rings. The van der Waals surface area contributed by atoms with Crippen molar-refractivity contribution in [3.8, 4) is 6.07 Å². The summed E-state index contributed by atoms with van der Waals surface area (Å²) < 4.78 is 5.44. The van der Waals surface area contributed by atoms with Gasteiger partial charge in [-0.2, -0.15) is 5.26 Å². The number of carbonyl (C=O) groups is 3. The summed E-state index contributed by atoms with van der Waals surface area (Å²) in [5.41, 5.74) is 0.586. The molecule has 1 aliphatic rings. The molecule has 1 unspecified atom stereocenters. The summed E-state index contributed by atoms with van der Waals surface area (Å²) in [5.74, 6) is -0.439. The average Bonchev–Trinajstić information content (AvgIpc) is 3.17. The van der Waals surface area contributed by atoms with Crippen molar-refractivity contribution in [3.63, 3.8) is 0 Å². The number of furan rings is 1. The Hall–Kier alpha value is -3.34. The lowest BCUT2D eigenvalue weighted by atomic mass is 9.92. The van der Waals surface area contributed by atoms with Gasteiger partial charge in [0.15, 0.2) is 5.76 Å². The van der Waals surface area contributed by atoms with E-state index in [1.807, 2.05) is 18.2 Å². The Morgan fingerprint density at radius 2 is 2.00 bits per heavy atom. The van der Waals surface area contributed by atoms with Gasteiger partial charge < -0.3 is 20.4 Å². The van der Waals surface area contributed by atoms with Crippen LogP contribution >= 0.6 is 0 Å². The normalized spacial score (nSPS) is 16.5. The van der Waals surface area contributed by atoms with Gasteiger partial charge in [0.1, 0.15) is 11.6 Å². The molecule has 2 heterocycles. The molecule has 166 valence electrons. The number of fused-ring (bicyclic) bond motifs is 1. The van der Waals surface area contributed by atoms with E-state index in [4.69, 9.17) is 4.42 Å². The van der Waals surface area contributed by atoms with Gasteiger partial charge in [0.05, 0.1) is 12.6 Å². The zero-order valence-electron chi connectivity index (χ0n) is 18.2. The van der Waals surface area contributed by atoms with Crippen molar-refractivity contribution in [1.82, 2.24) is 16.0 Å². The molecule has 3 N–H and O–H groups in total. The fourth-order valence-electron chi connectivity index (χ4n) is 3.08. The summed E-state index contributed by atoms with van der Waals surface area (Å²) in [7, 11) is 0. The quantitative estimate of drug-likeness (QED) is 0.655. The van der Waals surface area contributed by atoms with Crippen LogP contribution in [0.25, 0.3) is 11.0 Å². The van der Waals surface area contributed by atoms with Crippen molar-refractivity contribution in [2.45, 2.75) is 46.1 Å². The van der Waals surface area contributed by atoms with Crippen LogP contribution < -0.4 is 16.0 Å². The molecular formula is C23H30N4O4. The van der Waals surface area contributed by atoms with Crippen LogP contribution in [-0.4, -0.2) is 36.9 Å². The van der Waals surface area contributed by atoms with E-state index in [0.29, 0.717) is 18.5 Å². The molecule has 2 atom stereocenters. The third-order valence-corrected chi connectivity index (χ3v) is 4.47. The topological polar surface area (TPSA) is 124 Å². The summed E-state index contributed by atoms with van der Waals surface area (Å²) >= 11 is 0. The Balaban J connectivity index is 0.000000785. The van der Waals surface area contributed by atoms with Gasteiger partial charge in [-0.25, -0.2) is 0 Å². The first kappa shape index (κ1) is 23.9. The van der Waals surface area contributed by atoms with Crippen LogP contribution in [-0.2, 0) is 9.59 Å². The Morgan fingerprint density at radius 1 is 1.29 bits per heavy atom. The number of nitriles is 1. The number of nitrogens with one attached hydrogen (secondary N) is 3. The summed E-state index contributed by atoms with van der Waals surface area (Å²) in [6, 6.07) is 10.0. The second-order valence-electron chi connectivity index (χ2n) is 8.18. The van der Waals surface area contributed by atoms with Gasteiger partial charge in [0.25, 0.3) is 5.91 Å². The van der Waals surface area contributed by atoms with Gasteiger partial charge in [-0.3, -0.25) is 14.4 Å². The van der Waals surface area contributed by atoms with E-state index in [1.165, 1.54) is 0 Å². The standard InChI is InChI=1S/C19H20N4O4.C4H10/c20-10-14(8-13-5-3-7-21-18(13)25)23-17(24)11-22-19(26)16-9-12-4-1-2-6-15(12)27-16;1-4(2)3/h1-2,4,6,9,13-14H,3,5,7-8,11H2,(H,21,25)(H,22,26)(H,23,24);4H,1-3H3/t13-,14?;/m0./s1. The van der Waals surface area contributed by atoms with Crippen LogP contribution in [0.1, 0.15) is 50.6 Å². The second-order valence-corrected chi connectivity index (χ2v) is 8.18. The minimum Gasteiger partial charge on any atom is -0.451 e. The number of amides is 3. The molecule has 8 heteroatoms. The van der Waals surface area contributed by atoms with Crippen LogP contribution in [0.2, 0.25) is 0 Å². The number of hydrogen-bond donors (Lipinski definition) is 3. The number of nitrogens with zero attached hydrogens (tertiary/aromatic N) is 1. The predicted molar refractivity (Wildman–Crippen MR) is 117 cm³/mol. The Kier molecular flexibility index (Phi) is 9.07. The molecule has 3 rings (SSSR count). The summed E-state index contributed by atoms with van der Waals surface area (Å²) in [6.07, 6.45) is 1.81. The summed E-state index contributed by atoms with van der Waals surface area (Å²) in [6.45, 7) is 6.86. The Morgan fingerprint density at radius 3 is 2.65 bits per heavy atom. The third-order valence-electron chi connectivity index (χ3n) is 4.47. The van der Waals surface area contributed by atoms with E-state index in [9.17, 15) is 19.6 Å². The largest absolute Gasteiger partial charge is 0.451 e. The highest BCUT2D eigenvalue weighted by Gasteiger charge is 2.26. The molecule has 3 amide bonds. The van der Waals surface area contributed by atoms with Gasteiger partial charge in [-0.05, 0) is 37.3 Å². The van der Waals surface area contributed by atoms with Gasteiger partial charge in [0.2, 0.25) is 11.8 Å². The maximum absolute atomic E-state index is 12.1. The van der Waals surface area contributed by atoms with E-state index in [0.717, 1.165) is 17.7 Å². The Bertz CT molecular complexity index is 909. The highest BCUT2D eigenvalue weighted by atomic mass is 16.3. The monoisotopic (exact) mass is 426 g/mol. The molecule has 2 aromatic rings. The second kappa shape index (κ2) is 11.7. The summed E-state index contributed by atoms with van der Waals surface area (Å²) in [4.78, 5) is 35.9. The van der Waals surface area contributed by atoms with Crippen molar-refractivity contribution >= 4 is 28.7 Å². The molecule has 1 aliphatic heterocycles. The fourth-order valence-corrected chi connectivity index (χ4v) is 3.08. The van der Waals surface area contributed by atoms with Crippen LogP contribution in [0.15, 0.2) is 34.7 Å². The average molecular weight is 427 g/mol. The number of para-hydroxylation sites is 1. The molecule has 0 radical (unpaired) electrons. The van der Waals surface area contributed by atoms with Gasteiger partial charge in [0, 0.05) is 17.8 Å². The number of carbonyl (C=O) groups excluding carboxylic acids is 3. The van der Waals surface area contributed by atoms with Crippen LogP contribution in [0.4, 0.5) is 0 Å². The number of piperidine rings is 1. The minimum absolute atomic E-state index is 0.0889. The molecule has 31 heavy (non-hydrogen) atoms. The molecule has 0 saturated carbocycles. The lowest BCUT2D eigenvalue weighted by molar-refractivity contribution is -0.127. The molecule has 0 spiro atoms. The Labute approximate surface area is 182 Å². The van der Waals surface area contributed by atoms with Crippen molar-refractivity contribution in [2.24, 2.45) is 11.8 Å². The molecule has 8 nitrogen and oxygen atoms in total. The molecule has 0 aliphatic carbocycles. The lowest BCUT2D eigenvalue weighted by Crippen LogP contribution is -2.44. The first-order valence-electron chi connectivity index (χ1n) is 10.5. The van der Waals surface area contributed by atoms with E-state index >= 15 is 0 Å². The van der Waals surface area contributed by atoms with Crippen molar-refractivity contribution in [2.75, 3.05) is 13.1 Å². The number of hydrogen-bond acceptors (Lipinski definition) is 5. The highest BCUT2D eigenvalue weighted by Crippen LogP contribution is 2.19. The van der Waals surface area contributed by atoms with Crippen molar-refractivity contribution in [3.05, 3.63) is 36.1 Å². The number of benzene rings is 1. The fraction of sp³-hybridized carbons (Fsp3) is 0.478. The zero-order chi connectivity index (χ0) is 22.8. The van der Waals surface area contributed by atoms with Gasteiger partial charge in [-0.15, -0.1) is 0 Å². The third kappa shape index (κ3) is 7.78. The van der Waals surface area contributed by atoms with Crippen molar-refractivity contribution < 1.29 is 18.8 Å². The van der Waals surface area contributed by atoms with Gasteiger partial charge in [-0.1, -0.05) is 39.0 Å². The zero-order valence-corrected chi connectivity index (χ0v) is 18.2. The first-order chi connectivity index (χ1) is 14.8. The molecule has 0 bridgehead atoms. The van der Waals surface area contributed by atoms with E-state index in [2.05, 4.69) is 36.7 Å². The maximum Gasteiger partial charge on any atom is 0.287 e. The van der Waals surface area contributed by atoms with E-state index < -0.39 is 17.9 Å². The first-order valence-corrected chi connectivity index (χ1v) is 10.5. The minimum atomic E-state index is -0.783. The van der Waals surface area contributed by atoms with Crippen LogP contribution in [0, 0.1) is 23.2 Å². The predicted octanol–water partition coefficient (Wildman–Crippen LogP) is 2.75. The highest BCUT2D eigenvalue weighted by molar-refractivity contribution is 5.97. The van der Waals surface area contributed by atoms with Crippen LogP contribution in [0.5, 0.6) is 0 Å². The number of rotatable bonds is 6. The van der Waals surface area contributed by atoms with Crippen LogP contribution in [0.3, 0.4) is 0 Å². The molecule has 1 aromatic carbocycles. The lowest BCUT2D eigenvalue weighted by Gasteiger charge is -2.23. The molecular weight excluding hydrogens is 396 g/mol. The van der Waals surface area contributed by atoms with E-state index in [-0.39, 0.29) is 30.6 Å². The van der Waals surface area contributed by atoms with Crippen molar-refractivity contribution in [1.29, 1.82) is 5.26 Å².